The number of methoxy groups -OCH3 is 1. The van der Waals surface area contributed by atoms with Crippen LogP contribution in [0.15, 0.2) is 0 Å². The summed E-state index contributed by atoms with van der Waals surface area (Å²) in [6.45, 7) is 6.76. The van der Waals surface area contributed by atoms with Gasteiger partial charge < -0.3 is 9.64 Å². The Labute approximate surface area is 107 Å². The molecular weight excluding hydrogens is 232 g/mol. The Morgan fingerprint density at radius 3 is 2.33 bits per heavy atom. The van der Waals surface area contributed by atoms with Crippen LogP contribution in [0.25, 0.3) is 0 Å². The molecule has 6 heteroatoms. The number of carbonyl (C=O) groups excluding carboxylic acids is 1. The molecule has 100 valence electrons. The Morgan fingerprint density at radius 2 is 1.83 bits per heavy atom. The van der Waals surface area contributed by atoms with Crippen LogP contribution in [0.2, 0.25) is 0 Å². The normalized spacial score (nSPS) is 10.2. The molecule has 0 aliphatic rings. The third-order valence-corrected chi connectivity index (χ3v) is 2.71. The molecule has 0 atom stereocenters. The minimum atomic E-state index is -0.307. The van der Waals surface area contributed by atoms with Crippen LogP contribution >= 0.6 is 0 Å². The van der Waals surface area contributed by atoms with Crippen LogP contribution in [0, 0.1) is 0 Å². The molecule has 0 aliphatic heterocycles. The predicted molar refractivity (Wildman–Crippen MR) is 68.5 cm³/mol. The van der Waals surface area contributed by atoms with Crippen LogP contribution in [0.4, 0.5) is 5.95 Å². The van der Waals surface area contributed by atoms with E-state index >= 15 is 0 Å². The number of rotatable bonds is 6. The lowest BCUT2D eigenvalue weighted by molar-refractivity contribution is -0.138. The van der Waals surface area contributed by atoms with E-state index in [9.17, 15) is 4.79 Å². The molecule has 0 N–H and O–H groups in total. The van der Waals surface area contributed by atoms with Crippen molar-refractivity contribution >= 4 is 11.9 Å². The van der Waals surface area contributed by atoms with Crippen LogP contribution in [-0.2, 0) is 22.4 Å². The summed E-state index contributed by atoms with van der Waals surface area (Å²) in [6, 6.07) is 0. The van der Waals surface area contributed by atoms with E-state index in [0.717, 1.165) is 24.2 Å². The molecule has 0 fully saturated rings. The van der Waals surface area contributed by atoms with Gasteiger partial charge >= 0.3 is 5.97 Å². The summed E-state index contributed by atoms with van der Waals surface area (Å²) in [5, 5.41) is 8.24. The van der Waals surface area contributed by atoms with Gasteiger partial charge in [0, 0.05) is 6.54 Å². The van der Waals surface area contributed by atoms with Crippen LogP contribution in [0.5, 0.6) is 0 Å². The van der Waals surface area contributed by atoms with Gasteiger partial charge in [0.1, 0.15) is 6.54 Å². The lowest BCUT2D eigenvalue weighted by Crippen LogP contribution is -2.32. The van der Waals surface area contributed by atoms with Gasteiger partial charge in [-0.25, -0.2) is 4.98 Å². The summed E-state index contributed by atoms with van der Waals surface area (Å²) in [5.74, 6) is 0.176. The molecule has 1 aromatic heterocycles. The topological polar surface area (TPSA) is 68.2 Å². The molecule has 0 aliphatic carbocycles. The van der Waals surface area contributed by atoms with Gasteiger partial charge in [0.2, 0.25) is 5.95 Å². The summed E-state index contributed by atoms with van der Waals surface area (Å²) in [5.41, 5.74) is 1.85. The first kappa shape index (κ1) is 14.3. The zero-order valence-corrected chi connectivity index (χ0v) is 11.4. The number of carbonyl (C=O) groups is 1. The van der Waals surface area contributed by atoms with Crippen molar-refractivity contribution in [2.75, 3.05) is 25.1 Å². The zero-order valence-electron chi connectivity index (χ0n) is 11.4. The lowest BCUT2D eigenvalue weighted by atomic mass is 10.2. The predicted octanol–water partition coefficient (Wildman–Crippen LogP) is 0.996. The van der Waals surface area contributed by atoms with Crippen molar-refractivity contribution in [3.8, 4) is 0 Å². The van der Waals surface area contributed by atoms with Crippen molar-refractivity contribution in [1.29, 1.82) is 0 Å². The molecule has 0 radical (unpaired) electrons. The third-order valence-electron chi connectivity index (χ3n) is 2.71. The number of nitrogens with zero attached hydrogens (tertiary/aromatic N) is 4. The van der Waals surface area contributed by atoms with Crippen molar-refractivity contribution in [2.45, 2.75) is 33.6 Å². The number of aryl methyl sites for hydroxylation is 2. The molecule has 0 unspecified atom stereocenters. The molecule has 1 rings (SSSR count). The first-order valence-electron chi connectivity index (χ1n) is 6.20. The molecule has 0 spiro atoms. The van der Waals surface area contributed by atoms with E-state index in [1.807, 2.05) is 20.8 Å². The van der Waals surface area contributed by atoms with Crippen LogP contribution in [-0.4, -0.2) is 41.3 Å². The van der Waals surface area contributed by atoms with Crippen LogP contribution < -0.4 is 4.90 Å². The molecule has 1 aromatic rings. The first-order chi connectivity index (χ1) is 8.65. The quantitative estimate of drug-likeness (QED) is 0.703. The van der Waals surface area contributed by atoms with Gasteiger partial charge in [0.15, 0.2) is 0 Å². The molecular formula is C12H20N4O2. The van der Waals surface area contributed by atoms with E-state index in [4.69, 9.17) is 0 Å². The summed E-state index contributed by atoms with van der Waals surface area (Å²) in [4.78, 5) is 17.5. The van der Waals surface area contributed by atoms with Crippen molar-refractivity contribution < 1.29 is 9.53 Å². The van der Waals surface area contributed by atoms with Crippen molar-refractivity contribution in [3.05, 3.63) is 11.4 Å². The SMILES string of the molecule is CCc1nnc(N(CC)CC(=O)OC)nc1CC. The van der Waals surface area contributed by atoms with Gasteiger partial charge in [-0.3, -0.25) is 4.79 Å². The second-order valence-corrected chi connectivity index (χ2v) is 3.80. The van der Waals surface area contributed by atoms with E-state index in [0.29, 0.717) is 12.5 Å². The number of ether oxygens (including phenoxy) is 1. The van der Waals surface area contributed by atoms with Gasteiger partial charge in [-0.2, -0.15) is 5.10 Å². The molecule has 1 heterocycles. The second kappa shape index (κ2) is 6.88. The lowest BCUT2D eigenvalue weighted by Gasteiger charge is -2.19. The maximum atomic E-state index is 11.3. The minimum Gasteiger partial charge on any atom is -0.468 e. The van der Waals surface area contributed by atoms with E-state index in [1.54, 1.807) is 4.90 Å². The van der Waals surface area contributed by atoms with Crippen molar-refractivity contribution in [1.82, 2.24) is 15.2 Å². The standard InChI is InChI=1S/C12H20N4O2/c1-5-9-10(6-2)14-15-12(13-9)16(7-3)8-11(17)18-4/h5-8H2,1-4H3. The Hall–Kier alpha value is -1.72. The highest BCUT2D eigenvalue weighted by Crippen LogP contribution is 2.10. The minimum absolute atomic E-state index is 0.142. The number of esters is 1. The fourth-order valence-corrected chi connectivity index (χ4v) is 1.61. The van der Waals surface area contributed by atoms with E-state index in [2.05, 4.69) is 19.9 Å². The average molecular weight is 252 g/mol. The molecule has 0 aromatic carbocycles. The highest BCUT2D eigenvalue weighted by atomic mass is 16.5. The van der Waals surface area contributed by atoms with E-state index in [1.165, 1.54) is 7.11 Å². The first-order valence-corrected chi connectivity index (χ1v) is 6.20. The van der Waals surface area contributed by atoms with Gasteiger partial charge in [-0.1, -0.05) is 13.8 Å². The zero-order chi connectivity index (χ0) is 13.5. The van der Waals surface area contributed by atoms with E-state index in [-0.39, 0.29) is 12.5 Å². The number of anilines is 1. The van der Waals surface area contributed by atoms with Gasteiger partial charge in [-0.15, -0.1) is 5.10 Å². The van der Waals surface area contributed by atoms with Crippen LogP contribution in [0.3, 0.4) is 0 Å². The Bertz CT molecular complexity index is 409. The Morgan fingerprint density at radius 1 is 1.17 bits per heavy atom. The number of likely N-dealkylation sites (N-methyl/N-ethyl adjacent to an activating group) is 1. The fraction of sp³-hybridized carbons (Fsp3) is 0.667. The monoisotopic (exact) mass is 252 g/mol. The second-order valence-electron chi connectivity index (χ2n) is 3.80. The fourth-order valence-electron chi connectivity index (χ4n) is 1.61. The molecule has 0 amide bonds. The molecule has 0 saturated heterocycles. The smallest absolute Gasteiger partial charge is 0.325 e. The number of hydrogen-bond donors (Lipinski definition) is 0. The summed E-state index contributed by atoms with van der Waals surface area (Å²) in [7, 11) is 1.37. The largest absolute Gasteiger partial charge is 0.468 e. The van der Waals surface area contributed by atoms with Crippen molar-refractivity contribution in [2.24, 2.45) is 0 Å². The summed E-state index contributed by atoms with van der Waals surface area (Å²) < 4.78 is 4.65. The molecule has 6 nitrogen and oxygen atoms in total. The molecule has 18 heavy (non-hydrogen) atoms. The highest BCUT2D eigenvalue weighted by molar-refractivity contribution is 5.74. The maximum Gasteiger partial charge on any atom is 0.325 e. The van der Waals surface area contributed by atoms with Gasteiger partial charge in [-0.05, 0) is 19.8 Å². The Kier molecular flexibility index (Phi) is 5.48. The van der Waals surface area contributed by atoms with Crippen LogP contribution in [0.1, 0.15) is 32.2 Å². The average Bonchev–Trinajstić information content (AvgIpc) is 2.43. The van der Waals surface area contributed by atoms with Gasteiger partial charge in [0.05, 0.1) is 18.5 Å². The van der Waals surface area contributed by atoms with Crippen molar-refractivity contribution in [3.63, 3.8) is 0 Å². The highest BCUT2D eigenvalue weighted by Gasteiger charge is 2.15. The van der Waals surface area contributed by atoms with Gasteiger partial charge in [0.25, 0.3) is 0 Å². The molecule has 0 bridgehead atoms. The number of aromatic nitrogens is 3. The summed E-state index contributed by atoms with van der Waals surface area (Å²) in [6.07, 6.45) is 1.62. The Balaban J connectivity index is 2.95. The maximum absolute atomic E-state index is 11.3. The summed E-state index contributed by atoms with van der Waals surface area (Å²) >= 11 is 0. The third kappa shape index (κ3) is 3.38. The number of hydrogen-bond acceptors (Lipinski definition) is 6. The van der Waals surface area contributed by atoms with E-state index < -0.39 is 0 Å². The molecule has 0 saturated carbocycles.